The average Bonchev–Trinajstić information content (AvgIpc) is 2.19. The van der Waals surface area contributed by atoms with Crippen LogP contribution in [0.25, 0.3) is 0 Å². The smallest absolute Gasteiger partial charge is 0.407 e. The highest BCUT2D eigenvalue weighted by molar-refractivity contribution is 7.80. The van der Waals surface area contributed by atoms with Crippen LogP contribution in [0.2, 0.25) is 0 Å². The number of carbonyl (C=O) groups is 1. The van der Waals surface area contributed by atoms with Crippen molar-refractivity contribution in [3.05, 3.63) is 0 Å². The largest absolute Gasteiger partial charge is 0.444 e. The Morgan fingerprint density at radius 2 is 2.00 bits per heavy atom. The molecule has 0 atom stereocenters. The Morgan fingerprint density at radius 3 is 2.41 bits per heavy atom. The molecule has 1 rings (SSSR count). The number of hydrogen-bond donors (Lipinski definition) is 3. The Balaban J connectivity index is 2.34. The van der Waals surface area contributed by atoms with Gasteiger partial charge < -0.3 is 15.2 Å². The van der Waals surface area contributed by atoms with Crippen LogP contribution in [0.5, 0.6) is 0 Å². The Morgan fingerprint density at radius 1 is 1.47 bits per heavy atom. The third-order valence-corrected chi connectivity index (χ3v) is 3.52. The molecule has 0 aromatic carbocycles. The van der Waals surface area contributed by atoms with Gasteiger partial charge >= 0.3 is 6.09 Å². The Labute approximate surface area is 109 Å². The van der Waals surface area contributed by atoms with E-state index in [0.29, 0.717) is 18.6 Å². The molecule has 1 saturated carbocycles. The number of ether oxygens (including phenoxy) is 1. The van der Waals surface area contributed by atoms with Crippen LogP contribution in [0.1, 0.15) is 46.5 Å². The second kappa shape index (κ2) is 5.48. The van der Waals surface area contributed by atoms with Crippen molar-refractivity contribution in [2.75, 3.05) is 5.75 Å². The molecule has 1 amide bonds. The zero-order valence-electron chi connectivity index (χ0n) is 10.8. The van der Waals surface area contributed by atoms with Crippen LogP contribution in [0.3, 0.4) is 0 Å². The lowest BCUT2D eigenvalue weighted by Crippen LogP contribution is -2.45. The Hall–Kier alpha value is -0.420. The minimum absolute atomic E-state index is 0.102. The molecule has 0 radical (unpaired) electrons. The van der Waals surface area contributed by atoms with E-state index in [-0.39, 0.29) is 12.1 Å². The van der Waals surface area contributed by atoms with Gasteiger partial charge in [-0.2, -0.15) is 12.6 Å². The van der Waals surface area contributed by atoms with Crippen LogP contribution in [0.4, 0.5) is 4.79 Å². The maximum atomic E-state index is 11.5. The van der Waals surface area contributed by atoms with Crippen LogP contribution in [-0.4, -0.2) is 34.2 Å². The first kappa shape index (κ1) is 14.6. The molecule has 1 aliphatic rings. The fourth-order valence-electron chi connectivity index (χ4n) is 1.93. The van der Waals surface area contributed by atoms with Gasteiger partial charge in [0.25, 0.3) is 0 Å². The first-order valence-corrected chi connectivity index (χ1v) is 6.70. The molecule has 0 spiro atoms. The second-order valence-corrected chi connectivity index (χ2v) is 6.12. The molecule has 1 aliphatic carbocycles. The number of hydrogen-bond acceptors (Lipinski definition) is 4. The van der Waals surface area contributed by atoms with E-state index in [1.807, 2.05) is 20.8 Å². The summed E-state index contributed by atoms with van der Waals surface area (Å²) < 4.78 is 5.19. The maximum absolute atomic E-state index is 11.5. The van der Waals surface area contributed by atoms with E-state index in [1.54, 1.807) is 0 Å². The number of alkyl carbamates (subject to hydrolysis) is 1. The molecule has 0 aromatic rings. The molecular formula is C12H23NO3S. The molecule has 100 valence electrons. The first-order valence-electron chi connectivity index (χ1n) is 6.07. The highest BCUT2D eigenvalue weighted by Gasteiger charge is 2.32. The molecule has 0 bridgehead atoms. The summed E-state index contributed by atoms with van der Waals surface area (Å²) in [6.07, 6.45) is 2.53. The van der Waals surface area contributed by atoms with Crippen LogP contribution < -0.4 is 5.32 Å². The maximum Gasteiger partial charge on any atom is 0.407 e. The summed E-state index contributed by atoms with van der Waals surface area (Å²) in [5.41, 5.74) is -1.13. The van der Waals surface area contributed by atoms with Crippen LogP contribution in [0, 0.1) is 0 Å². The fraction of sp³-hybridized carbons (Fsp3) is 0.917. The van der Waals surface area contributed by atoms with Crippen molar-refractivity contribution in [1.29, 1.82) is 0 Å². The molecule has 0 aromatic heterocycles. The van der Waals surface area contributed by atoms with Gasteiger partial charge in [-0.1, -0.05) is 0 Å². The van der Waals surface area contributed by atoms with E-state index in [2.05, 4.69) is 17.9 Å². The predicted octanol–water partition coefficient (Wildman–Crippen LogP) is 2.11. The number of amides is 1. The molecule has 0 heterocycles. The van der Waals surface area contributed by atoms with Gasteiger partial charge in [-0.05, 0) is 46.5 Å². The predicted molar refractivity (Wildman–Crippen MR) is 70.4 cm³/mol. The van der Waals surface area contributed by atoms with Crippen molar-refractivity contribution >= 4 is 18.7 Å². The van der Waals surface area contributed by atoms with Crippen molar-refractivity contribution in [3.63, 3.8) is 0 Å². The van der Waals surface area contributed by atoms with E-state index < -0.39 is 11.2 Å². The molecule has 4 nitrogen and oxygen atoms in total. The van der Waals surface area contributed by atoms with E-state index >= 15 is 0 Å². The van der Waals surface area contributed by atoms with Crippen molar-refractivity contribution in [3.8, 4) is 0 Å². The molecule has 0 saturated heterocycles. The van der Waals surface area contributed by atoms with E-state index in [9.17, 15) is 9.90 Å². The van der Waals surface area contributed by atoms with Gasteiger partial charge in [-0.15, -0.1) is 0 Å². The van der Waals surface area contributed by atoms with Gasteiger partial charge in [-0.25, -0.2) is 4.79 Å². The topological polar surface area (TPSA) is 58.6 Å². The summed E-state index contributed by atoms with van der Waals surface area (Å²) in [6, 6.07) is 0.102. The minimum atomic E-state index is -0.658. The third kappa shape index (κ3) is 5.17. The number of thiol groups is 1. The van der Waals surface area contributed by atoms with Crippen LogP contribution in [0.15, 0.2) is 0 Å². The minimum Gasteiger partial charge on any atom is -0.444 e. The van der Waals surface area contributed by atoms with Crippen molar-refractivity contribution in [2.24, 2.45) is 0 Å². The van der Waals surface area contributed by atoms with Crippen molar-refractivity contribution in [2.45, 2.75) is 63.7 Å². The zero-order valence-corrected chi connectivity index (χ0v) is 11.7. The normalized spacial score (nSPS) is 29.8. The van der Waals surface area contributed by atoms with Gasteiger partial charge in [0.1, 0.15) is 5.60 Å². The molecule has 1 fully saturated rings. The second-order valence-electron chi connectivity index (χ2n) is 5.80. The van der Waals surface area contributed by atoms with Gasteiger partial charge in [0.15, 0.2) is 0 Å². The van der Waals surface area contributed by atoms with E-state index in [0.717, 1.165) is 12.8 Å². The van der Waals surface area contributed by atoms with Crippen LogP contribution >= 0.6 is 12.6 Å². The van der Waals surface area contributed by atoms with Crippen molar-refractivity contribution < 1.29 is 14.6 Å². The van der Waals surface area contributed by atoms with E-state index in [4.69, 9.17) is 4.74 Å². The van der Waals surface area contributed by atoms with Crippen molar-refractivity contribution in [1.82, 2.24) is 5.32 Å². The summed E-state index contributed by atoms with van der Waals surface area (Å²) in [4.78, 5) is 11.5. The molecule has 17 heavy (non-hydrogen) atoms. The quantitative estimate of drug-likeness (QED) is 0.667. The van der Waals surface area contributed by atoms with Gasteiger partial charge in [-0.3, -0.25) is 0 Å². The highest BCUT2D eigenvalue weighted by Crippen LogP contribution is 2.29. The molecule has 0 aliphatic heterocycles. The Kier molecular flexibility index (Phi) is 4.72. The molecule has 5 heteroatoms. The summed E-state index contributed by atoms with van der Waals surface area (Å²) in [5.74, 6) is 0.478. The van der Waals surface area contributed by atoms with Gasteiger partial charge in [0, 0.05) is 11.8 Å². The van der Waals surface area contributed by atoms with Gasteiger partial charge in [0.05, 0.1) is 5.60 Å². The molecule has 2 N–H and O–H groups in total. The Bertz CT molecular complexity index is 267. The SMILES string of the molecule is CC(C)(C)OC(=O)NC1CCC(O)(CS)CC1. The van der Waals surface area contributed by atoms with Crippen LogP contribution in [-0.2, 0) is 4.74 Å². The monoisotopic (exact) mass is 261 g/mol. The number of rotatable bonds is 2. The number of carbonyl (C=O) groups excluding carboxylic acids is 1. The lowest BCUT2D eigenvalue weighted by molar-refractivity contribution is 0.0135. The molecule has 0 unspecified atom stereocenters. The summed E-state index contributed by atoms with van der Waals surface area (Å²) in [6.45, 7) is 5.52. The average molecular weight is 261 g/mol. The van der Waals surface area contributed by atoms with Gasteiger partial charge in [0.2, 0.25) is 0 Å². The summed E-state index contributed by atoms with van der Waals surface area (Å²) >= 11 is 4.14. The summed E-state index contributed by atoms with van der Waals surface area (Å²) in [5, 5.41) is 12.8. The fourth-order valence-corrected chi connectivity index (χ4v) is 2.25. The zero-order chi connectivity index (χ0) is 13.1. The summed E-state index contributed by atoms with van der Waals surface area (Å²) in [7, 11) is 0. The number of aliphatic hydroxyl groups is 1. The molecular weight excluding hydrogens is 238 g/mol. The standard InChI is InChI=1S/C12H23NO3S/c1-11(2,3)16-10(14)13-9-4-6-12(15,8-17)7-5-9/h9,15,17H,4-8H2,1-3H3,(H,13,14). The highest BCUT2D eigenvalue weighted by atomic mass is 32.1. The lowest BCUT2D eigenvalue weighted by Gasteiger charge is -2.35. The van der Waals surface area contributed by atoms with E-state index in [1.165, 1.54) is 0 Å². The number of nitrogens with one attached hydrogen (secondary N) is 1. The first-order chi connectivity index (χ1) is 7.74. The third-order valence-electron chi connectivity index (χ3n) is 2.93. The lowest BCUT2D eigenvalue weighted by atomic mass is 9.83.